The average Bonchev–Trinajstić information content (AvgIpc) is 2.08. The molecule has 1 fully saturated rings. The summed E-state index contributed by atoms with van der Waals surface area (Å²) in [5, 5.41) is 0. The number of hydrogen-bond acceptors (Lipinski definition) is 4. The van der Waals surface area contributed by atoms with Crippen LogP contribution in [0.15, 0.2) is 0 Å². The molecule has 0 aromatic rings. The van der Waals surface area contributed by atoms with Gasteiger partial charge in [0.1, 0.15) is 0 Å². The van der Waals surface area contributed by atoms with Crippen molar-refractivity contribution < 1.29 is 19.1 Å². The van der Waals surface area contributed by atoms with Gasteiger partial charge in [-0.05, 0) is 6.42 Å². The molecule has 0 aliphatic heterocycles. The van der Waals surface area contributed by atoms with Crippen molar-refractivity contribution in [2.45, 2.75) is 19.3 Å². The third-order valence-electron chi connectivity index (χ3n) is 2.00. The lowest BCUT2D eigenvalue weighted by Crippen LogP contribution is -2.29. The second kappa shape index (κ2) is 3.47. The number of carbonyl (C=O) groups excluding carboxylic acids is 3. The summed E-state index contributed by atoms with van der Waals surface area (Å²) in [7, 11) is 1.28. The fraction of sp³-hybridized carbons (Fsp3) is 0.625. The lowest BCUT2D eigenvalue weighted by Gasteiger charge is -2.16. The molecule has 66 valence electrons. The smallest absolute Gasteiger partial charge is 0.309 e. The first-order chi connectivity index (χ1) is 5.65. The highest BCUT2D eigenvalue weighted by molar-refractivity contribution is 6.38. The van der Waals surface area contributed by atoms with Crippen molar-refractivity contribution in [3.05, 3.63) is 0 Å². The SMILES string of the molecule is COC(=O)C1CCC(=O)C(=O)C1. The Labute approximate surface area is 69.9 Å². The van der Waals surface area contributed by atoms with Gasteiger partial charge in [-0.25, -0.2) is 0 Å². The highest BCUT2D eigenvalue weighted by Gasteiger charge is 2.31. The van der Waals surface area contributed by atoms with Gasteiger partial charge in [0.25, 0.3) is 0 Å². The minimum Gasteiger partial charge on any atom is -0.469 e. The van der Waals surface area contributed by atoms with Crippen LogP contribution in [0.5, 0.6) is 0 Å². The predicted molar refractivity (Wildman–Crippen MR) is 39.4 cm³/mol. The van der Waals surface area contributed by atoms with Crippen LogP contribution in [0.1, 0.15) is 19.3 Å². The van der Waals surface area contributed by atoms with E-state index in [1.165, 1.54) is 7.11 Å². The molecule has 1 aliphatic rings. The van der Waals surface area contributed by atoms with Gasteiger partial charge in [0.15, 0.2) is 11.6 Å². The van der Waals surface area contributed by atoms with Crippen LogP contribution in [0.25, 0.3) is 0 Å². The Morgan fingerprint density at radius 1 is 1.42 bits per heavy atom. The van der Waals surface area contributed by atoms with E-state index in [1.807, 2.05) is 0 Å². The number of ether oxygens (including phenoxy) is 1. The zero-order valence-corrected chi connectivity index (χ0v) is 6.83. The summed E-state index contributed by atoms with van der Waals surface area (Å²) in [5.41, 5.74) is 0. The largest absolute Gasteiger partial charge is 0.469 e. The van der Waals surface area contributed by atoms with Crippen molar-refractivity contribution in [3.63, 3.8) is 0 Å². The zero-order chi connectivity index (χ0) is 9.14. The number of Topliss-reactive ketones (excluding diaryl/α,β-unsaturated/α-hetero) is 2. The van der Waals surface area contributed by atoms with Gasteiger partial charge < -0.3 is 4.74 Å². The third-order valence-corrected chi connectivity index (χ3v) is 2.00. The molecule has 1 atom stereocenters. The number of ketones is 2. The molecule has 0 bridgehead atoms. The summed E-state index contributed by atoms with van der Waals surface area (Å²) in [6, 6.07) is 0. The molecule has 0 amide bonds. The van der Waals surface area contributed by atoms with Crippen LogP contribution < -0.4 is 0 Å². The summed E-state index contributed by atoms with van der Waals surface area (Å²) >= 11 is 0. The van der Waals surface area contributed by atoms with E-state index in [0.717, 1.165) is 0 Å². The lowest BCUT2D eigenvalue weighted by atomic mass is 9.88. The van der Waals surface area contributed by atoms with Crippen molar-refractivity contribution in [3.8, 4) is 0 Å². The molecular weight excluding hydrogens is 160 g/mol. The van der Waals surface area contributed by atoms with Gasteiger partial charge in [-0.2, -0.15) is 0 Å². The quantitative estimate of drug-likeness (QED) is 0.413. The van der Waals surface area contributed by atoms with E-state index in [4.69, 9.17) is 0 Å². The van der Waals surface area contributed by atoms with Crippen LogP contribution in [0.2, 0.25) is 0 Å². The van der Waals surface area contributed by atoms with Crippen molar-refractivity contribution in [1.29, 1.82) is 0 Å². The van der Waals surface area contributed by atoms with Crippen LogP contribution in [-0.2, 0) is 19.1 Å². The van der Waals surface area contributed by atoms with Gasteiger partial charge in [0.05, 0.1) is 13.0 Å². The molecule has 4 nitrogen and oxygen atoms in total. The minimum atomic E-state index is -0.448. The van der Waals surface area contributed by atoms with Gasteiger partial charge in [-0.15, -0.1) is 0 Å². The second-order valence-electron chi connectivity index (χ2n) is 2.81. The van der Waals surface area contributed by atoms with Gasteiger partial charge in [-0.1, -0.05) is 0 Å². The summed E-state index contributed by atoms with van der Waals surface area (Å²) in [5.74, 6) is -1.61. The standard InChI is InChI=1S/C8H10O4/c1-12-8(11)5-2-3-6(9)7(10)4-5/h5H,2-4H2,1H3. The molecule has 0 heterocycles. The monoisotopic (exact) mass is 170 g/mol. The number of hydrogen-bond donors (Lipinski definition) is 0. The number of methoxy groups -OCH3 is 1. The van der Waals surface area contributed by atoms with Crippen LogP contribution in [-0.4, -0.2) is 24.6 Å². The number of carbonyl (C=O) groups is 3. The van der Waals surface area contributed by atoms with Gasteiger partial charge in [0.2, 0.25) is 0 Å². The zero-order valence-electron chi connectivity index (χ0n) is 6.83. The normalized spacial score (nSPS) is 23.9. The molecule has 0 spiro atoms. The molecular formula is C8H10O4. The average molecular weight is 170 g/mol. The van der Waals surface area contributed by atoms with Crippen LogP contribution in [0.3, 0.4) is 0 Å². The summed E-state index contributed by atoms with van der Waals surface area (Å²) in [4.78, 5) is 32.5. The van der Waals surface area contributed by atoms with Crippen LogP contribution >= 0.6 is 0 Å². The van der Waals surface area contributed by atoms with Gasteiger partial charge >= 0.3 is 5.97 Å². The van der Waals surface area contributed by atoms with Crippen LogP contribution in [0.4, 0.5) is 0 Å². The molecule has 0 N–H and O–H groups in total. The number of rotatable bonds is 1. The van der Waals surface area contributed by atoms with E-state index in [2.05, 4.69) is 4.74 Å². The number of esters is 1. The first kappa shape index (κ1) is 8.90. The summed E-state index contributed by atoms with van der Waals surface area (Å²) < 4.78 is 4.47. The Morgan fingerprint density at radius 2 is 2.08 bits per heavy atom. The molecule has 12 heavy (non-hydrogen) atoms. The molecule has 1 saturated carbocycles. The molecule has 1 unspecified atom stereocenters. The first-order valence-corrected chi connectivity index (χ1v) is 3.79. The highest BCUT2D eigenvalue weighted by atomic mass is 16.5. The van der Waals surface area contributed by atoms with Gasteiger partial charge in [0, 0.05) is 12.8 Å². The molecule has 4 heteroatoms. The minimum absolute atomic E-state index is 0.0194. The topological polar surface area (TPSA) is 60.4 Å². The Kier molecular flexibility index (Phi) is 2.58. The van der Waals surface area contributed by atoms with Crippen molar-refractivity contribution in [1.82, 2.24) is 0 Å². The van der Waals surface area contributed by atoms with Crippen molar-refractivity contribution in [2.75, 3.05) is 7.11 Å². The van der Waals surface area contributed by atoms with E-state index in [1.54, 1.807) is 0 Å². The maximum Gasteiger partial charge on any atom is 0.309 e. The Hall–Kier alpha value is -1.19. The Balaban J connectivity index is 2.56. The van der Waals surface area contributed by atoms with E-state index >= 15 is 0 Å². The van der Waals surface area contributed by atoms with E-state index in [0.29, 0.717) is 6.42 Å². The Morgan fingerprint density at radius 3 is 2.58 bits per heavy atom. The van der Waals surface area contributed by atoms with E-state index in [9.17, 15) is 14.4 Å². The first-order valence-electron chi connectivity index (χ1n) is 3.79. The summed E-state index contributed by atoms with van der Waals surface area (Å²) in [6.45, 7) is 0. The summed E-state index contributed by atoms with van der Waals surface area (Å²) in [6.07, 6.45) is 0.640. The van der Waals surface area contributed by atoms with E-state index < -0.39 is 17.7 Å². The molecule has 0 aromatic carbocycles. The molecule has 1 aliphatic carbocycles. The maximum atomic E-state index is 10.9. The van der Waals surface area contributed by atoms with Crippen molar-refractivity contribution >= 4 is 17.5 Å². The molecule has 0 saturated heterocycles. The third kappa shape index (κ3) is 1.69. The van der Waals surface area contributed by atoms with Crippen molar-refractivity contribution in [2.24, 2.45) is 5.92 Å². The fourth-order valence-corrected chi connectivity index (χ4v) is 1.25. The Bertz CT molecular complexity index is 231. The van der Waals surface area contributed by atoms with Crippen LogP contribution in [0, 0.1) is 5.92 Å². The fourth-order valence-electron chi connectivity index (χ4n) is 1.25. The lowest BCUT2D eigenvalue weighted by molar-refractivity contribution is -0.150. The highest BCUT2D eigenvalue weighted by Crippen LogP contribution is 2.19. The molecule has 0 radical (unpaired) electrons. The predicted octanol–water partition coefficient (Wildman–Crippen LogP) is 0.0977. The molecule has 1 rings (SSSR count). The second-order valence-corrected chi connectivity index (χ2v) is 2.81. The molecule has 0 aromatic heterocycles. The maximum absolute atomic E-state index is 10.9. The van der Waals surface area contributed by atoms with Gasteiger partial charge in [-0.3, -0.25) is 14.4 Å². The van der Waals surface area contributed by atoms with E-state index in [-0.39, 0.29) is 18.6 Å².